The summed E-state index contributed by atoms with van der Waals surface area (Å²) >= 11 is 7.85. The molecule has 1 nitrogen and oxygen atoms in total. The number of halogens is 5. The third-order valence-electron chi connectivity index (χ3n) is 2.61. The zero-order valence-electron chi connectivity index (χ0n) is 8.47. The van der Waals surface area contributed by atoms with Gasteiger partial charge >= 0.3 is 6.18 Å². The number of alkyl halides is 3. The average molecular weight is 394 g/mol. The average Bonchev–Trinajstić information content (AvgIpc) is 2.51. The van der Waals surface area contributed by atoms with Crippen LogP contribution in [0.4, 0.5) is 18.9 Å². The fourth-order valence-electron chi connectivity index (χ4n) is 1.98. The molecule has 17 heavy (non-hydrogen) atoms. The number of anilines is 1. The van der Waals surface area contributed by atoms with Crippen LogP contribution >= 0.6 is 41.9 Å². The molecule has 1 aliphatic heterocycles. The van der Waals surface area contributed by atoms with E-state index >= 15 is 0 Å². The third-order valence-corrected chi connectivity index (χ3v) is 4.76. The minimum atomic E-state index is -4.14. The van der Waals surface area contributed by atoms with Crippen molar-refractivity contribution in [2.24, 2.45) is 0 Å². The van der Waals surface area contributed by atoms with Crippen LogP contribution in [0.5, 0.6) is 0 Å². The summed E-state index contributed by atoms with van der Waals surface area (Å²) in [5.41, 5.74) is 1.72. The predicted octanol–water partition coefficient (Wildman–Crippen LogP) is 5.02. The Hall–Kier alpha value is 0.180. The summed E-state index contributed by atoms with van der Waals surface area (Å²) < 4.78 is 39.1. The first kappa shape index (κ1) is 13.6. The SMILES string of the molecule is FC(F)(F)CC1Cc2cc(Cl)ccc2N1SI. The molecular weight excluding hydrogens is 386 g/mol. The number of fused-ring (bicyclic) bond motifs is 1. The zero-order chi connectivity index (χ0) is 12.6. The van der Waals surface area contributed by atoms with Gasteiger partial charge in [0.05, 0.1) is 18.2 Å². The molecule has 0 aliphatic carbocycles. The van der Waals surface area contributed by atoms with Crippen LogP contribution in [0.1, 0.15) is 12.0 Å². The summed E-state index contributed by atoms with van der Waals surface area (Å²) in [6.45, 7) is 0. The number of hydrogen-bond acceptors (Lipinski definition) is 2. The van der Waals surface area contributed by atoms with Crippen molar-refractivity contribution in [3.8, 4) is 0 Å². The Bertz CT molecular complexity index is 427. The lowest BCUT2D eigenvalue weighted by Gasteiger charge is -2.24. The second-order valence-electron chi connectivity index (χ2n) is 3.85. The summed E-state index contributed by atoms with van der Waals surface area (Å²) in [4.78, 5) is 0. The van der Waals surface area contributed by atoms with Gasteiger partial charge in [0.1, 0.15) is 0 Å². The Balaban J connectivity index is 2.25. The topological polar surface area (TPSA) is 3.24 Å². The lowest BCUT2D eigenvalue weighted by atomic mass is 10.1. The quantitative estimate of drug-likeness (QED) is 0.513. The van der Waals surface area contributed by atoms with E-state index in [1.807, 2.05) is 21.2 Å². The molecule has 0 saturated heterocycles. The van der Waals surface area contributed by atoms with Gasteiger partial charge in [0.15, 0.2) is 0 Å². The van der Waals surface area contributed by atoms with Crippen molar-refractivity contribution in [2.75, 3.05) is 4.31 Å². The molecule has 0 bridgehead atoms. The monoisotopic (exact) mass is 393 g/mol. The van der Waals surface area contributed by atoms with Gasteiger partial charge < -0.3 is 4.31 Å². The predicted molar refractivity (Wildman–Crippen MR) is 73.7 cm³/mol. The van der Waals surface area contributed by atoms with Crippen LogP contribution in [0, 0.1) is 0 Å². The van der Waals surface area contributed by atoms with E-state index in [0.29, 0.717) is 11.4 Å². The minimum Gasteiger partial charge on any atom is -0.304 e. The summed E-state index contributed by atoms with van der Waals surface area (Å²) in [6.07, 6.45) is -4.54. The first-order valence-electron chi connectivity index (χ1n) is 4.84. The molecule has 0 radical (unpaired) electrons. The van der Waals surface area contributed by atoms with Crippen molar-refractivity contribution >= 4 is 47.6 Å². The van der Waals surface area contributed by atoms with Crippen LogP contribution in [0.25, 0.3) is 0 Å². The van der Waals surface area contributed by atoms with Gasteiger partial charge in [-0.3, -0.25) is 0 Å². The van der Waals surface area contributed by atoms with Crippen LogP contribution in [0.2, 0.25) is 5.02 Å². The highest BCUT2D eigenvalue weighted by Gasteiger charge is 2.39. The Labute approximate surface area is 118 Å². The number of nitrogens with zero attached hydrogens (tertiary/aromatic N) is 1. The maximum atomic E-state index is 12.5. The Morgan fingerprint density at radius 3 is 2.76 bits per heavy atom. The van der Waals surface area contributed by atoms with Crippen molar-refractivity contribution < 1.29 is 13.2 Å². The molecule has 1 aromatic rings. The first-order chi connectivity index (χ1) is 7.90. The second-order valence-corrected chi connectivity index (χ2v) is 5.99. The van der Waals surface area contributed by atoms with Crippen LogP contribution in [0.3, 0.4) is 0 Å². The molecule has 0 N–H and O–H groups in total. The molecule has 7 heteroatoms. The molecular formula is C10H8ClF3INS. The molecule has 0 amide bonds. The normalized spacial score (nSPS) is 19.6. The van der Waals surface area contributed by atoms with Crippen molar-refractivity contribution in [1.29, 1.82) is 0 Å². The summed E-state index contributed by atoms with van der Waals surface area (Å²) in [5, 5.41) is 0.565. The third kappa shape index (κ3) is 3.14. The minimum absolute atomic E-state index is 0.394. The highest BCUT2D eigenvalue weighted by molar-refractivity contribution is 14.2. The van der Waals surface area contributed by atoms with Gasteiger partial charge in [-0.05, 0) is 30.2 Å². The van der Waals surface area contributed by atoms with Gasteiger partial charge in [-0.2, -0.15) is 13.2 Å². The fraction of sp³-hybridized carbons (Fsp3) is 0.400. The summed E-state index contributed by atoms with van der Waals surface area (Å²) in [7, 11) is 1.29. The van der Waals surface area contributed by atoms with Gasteiger partial charge in [-0.1, -0.05) is 11.6 Å². The molecule has 1 unspecified atom stereocenters. The lowest BCUT2D eigenvalue weighted by molar-refractivity contribution is -0.137. The lowest BCUT2D eigenvalue weighted by Crippen LogP contribution is -2.30. The number of hydrogen-bond donors (Lipinski definition) is 0. The molecule has 1 aromatic carbocycles. The van der Waals surface area contributed by atoms with E-state index in [-0.39, 0.29) is 0 Å². The van der Waals surface area contributed by atoms with Gasteiger partial charge in [0.25, 0.3) is 0 Å². The summed E-state index contributed by atoms with van der Waals surface area (Å²) in [6, 6.07) is 4.69. The fourth-order valence-corrected chi connectivity index (χ4v) is 4.29. The molecule has 0 fully saturated rings. The molecule has 1 heterocycles. The van der Waals surface area contributed by atoms with Crippen molar-refractivity contribution in [1.82, 2.24) is 0 Å². The summed E-state index contributed by atoms with van der Waals surface area (Å²) in [5.74, 6) is 0. The van der Waals surface area contributed by atoms with Crippen molar-refractivity contribution in [3.05, 3.63) is 28.8 Å². The van der Waals surface area contributed by atoms with Gasteiger partial charge in [-0.15, -0.1) is 0 Å². The van der Waals surface area contributed by atoms with Crippen molar-refractivity contribution in [2.45, 2.75) is 25.1 Å². The second kappa shape index (κ2) is 5.05. The Morgan fingerprint density at radius 1 is 1.47 bits per heavy atom. The van der Waals surface area contributed by atoms with Gasteiger partial charge in [-0.25, -0.2) is 0 Å². The molecule has 1 aliphatic rings. The van der Waals surface area contributed by atoms with E-state index in [4.69, 9.17) is 11.6 Å². The van der Waals surface area contributed by atoms with Crippen LogP contribution in [-0.2, 0) is 6.42 Å². The van der Waals surface area contributed by atoms with E-state index < -0.39 is 18.6 Å². The molecule has 2 rings (SSSR count). The zero-order valence-corrected chi connectivity index (χ0v) is 12.2. The van der Waals surface area contributed by atoms with E-state index in [0.717, 1.165) is 11.3 Å². The highest BCUT2D eigenvalue weighted by atomic mass is 127. The van der Waals surface area contributed by atoms with Gasteiger partial charge in [0, 0.05) is 35.3 Å². The number of benzene rings is 1. The van der Waals surface area contributed by atoms with E-state index in [1.54, 1.807) is 22.5 Å². The van der Waals surface area contributed by atoms with Crippen molar-refractivity contribution in [3.63, 3.8) is 0 Å². The first-order valence-corrected chi connectivity index (χ1v) is 8.53. The standard InChI is InChI=1S/C10H8ClF3INS/c11-7-1-2-9-6(3-7)4-8(16(9)17-15)5-10(12,13)14/h1-3,8H,4-5H2. The smallest absolute Gasteiger partial charge is 0.304 e. The molecule has 0 spiro atoms. The van der Waals surface area contributed by atoms with Crippen LogP contribution < -0.4 is 4.31 Å². The molecule has 0 saturated carbocycles. The molecule has 1 atom stereocenters. The van der Waals surface area contributed by atoms with E-state index in [1.165, 1.54) is 9.12 Å². The van der Waals surface area contributed by atoms with E-state index in [9.17, 15) is 13.2 Å². The highest BCUT2D eigenvalue weighted by Crippen LogP contribution is 2.43. The molecule has 94 valence electrons. The Morgan fingerprint density at radius 2 is 2.18 bits per heavy atom. The van der Waals surface area contributed by atoms with Crippen LogP contribution in [-0.4, -0.2) is 12.2 Å². The number of rotatable bonds is 2. The van der Waals surface area contributed by atoms with Gasteiger partial charge in [0.2, 0.25) is 0 Å². The molecule has 0 aromatic heterocycles. The largest absolute Gasteiger partial charge is 0.391 e. The maximum Gasteiger partial charge on any atom is 0.391 e. The van der Waals surface area contributed by atoms with E-state index in [2.05, 4.69) is 0 Å². The van der Waals surface area contributed by atoms with Crippen LogP contribution in [0.15, 0.2) is 18.2 Å². The maximum absolute atomic E-state index is 12.5. The Kier molecular flexibility index (Phi) is 4.04.